The number of benzene rings is 2. The molecule has 0 amide bonds. The number of aryl methyl sites for hydroxylation is 2. The largest absolute Gasteiger partial charge is 0.399 e. The van der Waals surface area contributed by atoms with E-state index in [-0.39, 0.29) is 0 Å². The summed E-state index contributed by atoms with van der Waals surface area (Å²) in [4.78, 5) is 4.70. The van der Waals surface area contributed by atoms with E-state index in [4.69, 9.17) is 10.7 Å². The lowest BCUT2D eigenvalue weighted by molar-refractivity contribution is 0.907. The fraction of sp³-hybridized carbons (Fsp3) is 0.188. The quantitative estimate of drug-likeness (QED) is 0.714. The van der Waals surface area contributed by atoms with Gasteiger partial charge in [-0.3, -0.25) is 4.57 Å². The number of nitrogens with zero attached hydrogens (tertiary/aromatic N) is 2. The number of fused-ring (bicyclic) bond motifs is 1. The van der Waals surface area contributed by atoms with Crippen LogP contribution in [0, 0.1) is 6.92 Å². The van der Waals surface area contributed by atoms with Gasteiger partial charge in [-0.05, 0) is 48.9 Å². The minimum Gasteiger partial charge on any atom is -0.399 e. The van der Waals surface area contributed by atoms with E-state index in [1.54, 1.807) is 0 Å². The van der Waals surface area contributed by atoms with Gasteiger partial charge in [-0.15, -0.1) is 0 Å². The number of rotatable bonds is 2. The first-order valence-corrected chi connectivity index (χ1v) is 7.42. The molecule has 2 N–H and O–H groups in total. The van der Waals surface area contributed by atoms with E-state index in [1.165, 1.54) is 5.56 Å². The fourth-order valence-electron chi connectivity index (χ4n) is 2.52. The van der Waals surface area contributed by atoms with Crippen LogP contribution in [0.4, 0.5) is 5.69 Å². The molecule has 0 aliphatic carbocycles. The number of anilines is 1. The Morgan fingerprint density at radius 1 is 1.20 bits per heavy atom. The molecule has 1 aromatic heterocycles. The highest BCUT2D eigenvalue weighted by molar-refractivity contribution is 9.10. The van der Waals surface area contributed by atoms with Gasteiger partial charge in [-0.25, -0.2) is 4.98 Å². The van der Waals surface area contributed by atoms with E-state index in [2.05, 4.69) is 52.5 Å². The number of hydrogen-bond acceptors (Lipinski definition) is 2. The molecule has 0 atom stereocenters. The van der Waals surface area contributed by atoms with Crippen molar-refractivity contribution >= 4 is 32.7 Å². The Bertz CT molecular complexity index is 770. The van der Waals surface area contributed by atoms with Crippen molar-refractivity contribution in [2.45, 2.75) is 20.3 Å². The summed E-state index contributed by atoms with van der Waals surface area (Å²) in [6.45, 7) is 4.21. The van der Waals surface area contributed by atoms with Gasteiger partial charge in [-0.1, -0.05) is 22.9 Å². The number of aromatic nitrogens is 2. The summed E-state index contributed by atoms with van der Waals surface area (Å²) in [6, 6.07) is 12.3. The zero-order valence-electron chi connectivity index (χ0n) is 11.5. The first-order valence-electron chi connectivity index (χ1n) is 6.63. The summed E-state index contributed by atoms with van der Waals surface area (Å²) < 4.78 is 3.28. The van der Waals surface area contributed by atoms with Crippen molar-refractivity contribution in [2.24, 2.45) is 0 Å². The summed E-state index contributed by atoms with van der Waals surface area (Å²) in [5, 5.41) is 0. The van der Waals surface area contributed by atoms with Gasteiger partial charge in [0.05, 0.1) is 11.0 Å². The van der Waals surface area contributed by atoms with Crippen LogP contribution in [0.25, 0.3) is 16.7 Å². The number of nitrogens with two attached hydrogens (primary N) is 1. The average molecular weight is 330 g/mol. The van der Waals surface area contributed by atoms with Crippen LogP contribution in [0.15, 0.2) is 40.9 Å². The molecule has 3 nitrogen and oxygen atoms in total. The molecule has 0 aliphatic heterocycles. The zero-order valence-corrected chi connectivity index (χ0v) is 13.1. The first kappa shape index (κ1) is 13.2. The maximum absolute atomic E-state index is 5.85. The predicted octanol–water partition coefficient (Wildman–Crippen LogP) is 4.24. The third kappa shape index (κ3) is 2.20. The summed E-state index contributed by atoms with van der Waals surface area (Å²) in [7, 11) is 0. The monoisotopic (exact) mass is 329 g/mol. The molecule has 0 radical (unpaired) electrons. The summed E-state index contributed by atoms with van der Waals surface area (Å²) in [6.07, 6.45) is 0.875. The third-order valence-electron chi connectivity index (χ3n) is 3.35. The van der Waals surface area contributed by atoms with Crippen LogP contribution < -0.4 is 5.73 Å². The SMILES string of the molecule is CCc1nc2cc(N)ccc2n1-c1cc(C)cc(Br)c1. The second-order valence-corrected chi connectivity index (χ2v) is 5.87. The maximum atomic E-state index is 5.85. The van der Waals surface area contributed by atoms with Crippen molar-refractivity contribution in [3.63, 3.8) is 0 Å². The van der Waals surface area contributed by atoms with E-state index >= 15 is 0 Å². The smallest absolute Gasteiger partial charge is 0.114 e. The van der Waals surface area contributed by atoms with Crippen LogP contribution in [0.1, 0.15) is 18.3 Å². The van der Waals surface area contributed by atoms with Crippen molar-refractivity contribution in [1.82, 2.24) is 9.55 Å². The highest BCUT2D eigenvalue weighted by Gasteiger charge is 2.12. The molecule has 0 aliphatic rings. The van der Waals surface area contributed by atoms with Crippen LogP contribution in [0.2, 0.25) is 0 Å². The molecule has 3 rings (SSSR count). The Labute approximate surface area is 126 Å². The first-order chi connectivity index (χ1) is 9.58. The molecule has 3 aromatic rings. The molecule has 0 fully saturated rings. The Kier molecular flexibility index (Phi) is 3.26. The zero-order chi connectivity index (χ0) is 14.3. The lowest BCUT2D eigenvalue weighted by Crippen LogP contribution is -2.00. The van der Waals surface area contributed by atoms with E-state index in [0.717, 1.165) is 39.1 Å². The molecule has 0 bridgehead atoms. The Hall–Kier alpha value is -1.81. The topological polar surface area (TPSA) is 43.8 Å². The number of imidazole rings is 1. The summed E-state index contributed by atoms with van der Waals surface area (Å²) in [5.41, 5.74) is 11.0. The van der Waals surface area contributed by atoms with Crippen molar-refractivity contribution in [2.75, 3.05) is 5.73 Å². The van der Waals surface area contributed by atoms with Gasteiger partial charge in [0.25, 0.3) is 0 Å². The lowest BCUT2D eigenvalue weighted by Gasteiger charge is -2.10. The Morgan fingerprint density at radius 2 is 2.00 bits per heavy atom. The maximum Gasteiger partial charge on any atom is 0.114 e. The number of nitrogen functional groups attached to an aromatic ring is 1. The summed E-state index contributed by atoms with van der Waals surface area (Å²) in [5.74, 6) is 1.04. The average Bonchev–Trinajstić information content (AvgIpc) is 2.74. The molecular weight excluding hydrogens is 314 g/mol. The molecule has 4 heteroatoms. The third-order valence-corrected chi connectivity index (χ3v) is 3.81. The van der Waals surface area contributed by atoms with E-state index < -0.39 is 0 Å². The predicted molar refractivity (Wildman–Crippen MR) is 87.3 cm³/mol. The summed E-state index contributed by atoms with van der Waals surface area (Å²) >= 11 is 3.57. The van der Waals surface area contributed by atoms with Crippen LogP contribution in [-0.2, 0) is 6.42 Å². The van der Waals surface area contributed by atoms with E-state index in [1.807, 2.05) is 18.2 Å². The molecule has 2 aromatic carbocycles. The highest BCUT2D eigenvalue weighted by atomic mass is 79.9. The molecule has 0 saturated heterocycles. The molecular formula is C16H16BrN3. The highest BCUT2D eigenvalue weighted by Crippen LogP contribution is 2.26. The van der Waals surface area contributed by atoms with Crippen molar-refractivity contribution < 1.29 is 0 Å². The van der Waals surface area contributed by atoms with Crippen LogP contribution in [0.3, 0.4) is 0 Å². The molecule has 0 spiro atoms. The molecule has 0 saturated carbocycles. The number of halogens is 1. The van der Waals surface area contributed by atoms with Crippen molar-refractivity contribution in [1.29, 1.82) is 0 Å². The minimum absolute atomic E-state index is 0.746. The van der Waals surface area contributed by atoms with Gasteiger partial charge in [0, 0.05) is 22.3 Å². The molecule has 0 unspecified atom stereocenters. The van der Waals surface area contributed by atoms with Gasteiger partial charge >= 0.3 is 0 Å². The Morgan fingerprint density at radius 3 is 2.70 bits per heavy atom. The fourth-order valence-corrected chi connectivity index (χ4v) is 3.11. The second kappa shape index (κ2) is 4.94. The minimum atomic E-state index is 0.746. The van der Waals surface area contributed by atoms with Crippen molar-refractivity contribution in [3.05, 3.63) is 52.3 Å². The van der Waals surface area contributed by atoms with Gasteiger partial charge < -0.3 is 5.73 Å². The molecule has 20 heavy (non-hydrogen) atoms. The van der Waals surface area contributed by atoms with E-state index in [0.29, 0.717) is 0 Å². The Balaban J connectivity index is 2.33. The number of hydrogen-bond donors (Lipinski definition) is 1. The van der Waals surface area contributed by atoms with Gasteiger partial charge in [-0.2, -0.15) is 0 Å². The second-order valence-electron chi connectivity index (χ2n) is 4.95. The normalized spacial score (nSPS) is 11.2. The van der Waals surface area contributed by atoms with Crippen LogP contribution in [0.5, 0.6) is 0 Å². The van der Waals surface area contributed by atoms with Gasteiger partial charge in [0.2, 0.25) is 0 Å². The van der Waals surface area contributed by atoms with Gasteiger partial charge in [0.15, 0.2) is 0 Å². The lowest BCUT2D eigenvalue weighted by atomic mass is 10.2. The van der Waals surface area contributed by atoms with Gasteiger partial charge in [0.1, 0.15) is 5.82 Å². The van der Waals surface area contributed by atoms with Crippen LogP contribution in [-0.4, -0.2) is 9.55 Å². The molecule has 1 heterocycles. The van der Waals surface area contributed by atoms with Crippen molar-refractivity contribution in [3.8, 4) is 5.69 Å². The standard InChI is InChI=1S/C16H16BrN3/c1-3-16-19-14-9-12(18)4-5-15(14)20(16)13-7-10(2)6-11(17)8-13/h4-9H,3,18H2,1-2H3. The van der Waals surface area contributed by atoms with Crippen LogP contribution >= 0.6 is 15.9 Å². The molecule has 102 valence electrons. The van der Waals surface area contributed by atoms with E-state index in [9.17, 15) is 0 Å².